The van der Waals surface area contributed by atoms with Gasteiger partial charge in [-0.3, -0.25) is 9.10 Å². The third-order valence-corrected chi connectivity index (χ3v) is 8.69. The maximum Gasteiger partial charge on any atom is 0.417 e. The van der Waals surface area contributed by atoms with Crippen LogP contribution in [-0.2, 0) is 25.7 Å². The van der Waals surface area contributed by atoms with Gasteiger partial charge in [-0.1, -0.05) is 12.2 Å². The molecule has 0 aromatic heterocycles. The number of halogens is 3. The average Bonchev–Trinajstić information content (AvgIpc) is 3.31. The van der Waals surface area contributed by atoms with Crippen LogP contribution in [-0.4, -0.2) is 32.3 Å². The predicted octanol–water partition coefficient (Wildman–Crippen LogP) is 2.85. The van der Waals surface area contributed by atoms with Crippen LogP contribution in [0.3, 0.4) is 0 Å². The van der Waals surface area contributed by atoms with Gasteiger partial charge in [0.2, 0.25) is 0 Å². The van der Waals surface area contributed by atoms with Crippen molar-refractivity contribution in [2.24, 2.45) is 17.8 Å². The van der Waals surface area contributed by atoms with Crippen molar-refractivity contribution in [3.8, 4) is 6.07 Å². The number of hydrogen-bond acceptors (Lipinski definition) is 5. The second kappa shape index (κ2) is 6.23. The first-order chi connectivity index (χ1) is 13.6. The maximum atomic E-state index is 13.6. The van der Waals surface area contributed by atoms with Crippen LogP contribution in [0.4, 0.5) is 18.9 Å². The van der Waals surface area contributed by atoms with Crippen LogP contribution in [0.1, 0.15) is 24.5 Å². The summed E-state index contributed by atoms with van der Waals surface area (Å²) in [7, 11) is -4.36. The van der Waals surface area contributed by atoms with E-state index in [0.29, 0.717) is 12.5 Å². The van der Waals surface area contributed by atoms with E-state index in [-0.39, 0.29) is 24.8 Å². The Morgan fingerprint density at radius 3 is 2.72 bits per heavy atom. The molecule has 1 aromatic rings. The first-order valence-electron chi connectivity index (χ1n) is 9.08. The predicted molar refractivity (Wildman–Crippen MR) is 96.0 cm³/mol. The minimum absolute atomic E-state index is 0.000980. The zero-order valence-electron chi connectivity index (χ0n) is 15.3. The average molecular weight is 426 g/mol. The van der Waals surface area contributed by atoms with E-state index in [1.807, 2.05) is 6.08 Å². The summed E-state index contributed by atoms with van der Waals surface area (Å²) in [5, 5.41) is 8.97. The summed E-state index contributed by atoms with van der Waals surface area (Å²) in [6.07, 6.45) is -0.762. The van der Waals surface area contributed by atoms with Gasteiger partial charge >= 0.3 is 12.1 Å². The van der Waals surface area contributed by atoms with Crippen LogP contribution in [0.25, 0.3) is 0 Å². The molecule has 0 amide bonds. The zero-order valence-corrected chi connectivity index (χ0v) is 16.1. The number of carbonyl (C=O) groups is 1. The van der Waals surface area contributed by atoms with Crippen molar-refractivity contribution in [3.05, 3.63) is 41.5 Å². The quantitative estimate of drug-likeness (QED) is 0.548. The van der Waals surface area contributed by atoms with Gasteiger partial charge in [0, 0.05) is 18.4 Å². The third-order valence-electron chi connectivity index (χ3n) is 6.13. The Bertz CT molecular complexity index is 1060. The summed E-state index contributed by atoms with van der Waals surface area (Å²) in [5.74, 6) is -2.20. The van der Waals surface area contributed by atoms with E-state index < -0.39 is 49.9 Å². The van der Waals surface area contributed by atoms with E-state index in [2.05, 4.69) is 0 Å². The largest absolute Gasteiger partial charge is 0.465 e. The number of carbonyl (C=O) groups excluding carboxylic acids is 1. The molecule has 2 aliphatic carbocycles. The maximum absolute atomic E-state index is 13.6. The molecule has 4 rings (SSSR count). The highest BCUT2D eigenvalue weighted by atomic mass is 32.2. The number of fused-ring (bicyclic) bond motifs is 5. The number of allylic oxidation sites excluding steroid dienone is 2. The molecule has 3 aliphatic rings. The van der Waals surface area contributed by atoms with Crippen molar-refractivity contribution >= 4 is 21.7 Å². The van der Waals surface area contributed by atoms with Gasteiger partial charge in [-0.05, 0) is 37.5 Å². The first-order valence-corrected chi connectivity index (χ1v) is 10.5. The zero-order chi connectivity index (χ0) is 21.2. The van der Waals surface area contributed by atoms with Crippen molar-refractivity contribution in [2.75, 3.05) is 17.5 Å². The Hall–Kier alpha value is -2.54. The van der Waals surface area contributed by atoms with Gasteiger partial charge in [0.05, 0.1) is 29.5 Å². The topological polar surface area (TPSA) is 87.5 Å². The summed E-state index contributed by atoms with van der Waals surface area (Å²) >= 11 is 0. The minimum Gasteiger partial charge on any atom is -0.465 e. The SMILES string of the molecule is CCOC(=O)[C@@]12[C@H]3C=C[C@H](C3)[C@@H]1CN(c1ccc(C#N)c(C(F)(F)F)c1)S2(=O)=O. The summed E-state index contributed by atoms with van der Waals surface area (Å²) < 4.78 is 71.4. The van der Waals surface area contributed by atoms with Gasteiger partial charge in [0.15, 0.2) is 4.75 Å². The third kappa shape index (κ3) is 2.46. The van der Waals surface area contributed by atoms with Crippen LogP contribution in [0.15, 0.2) is 30.4 Å². The molecular formula is C19H17F3N2O4S. The fourth-order valence-corrected chi connectivity index (χ4v) is 7.54. The molecule has 0 radical (unpaired) electrons. The number of nitriles is 1. The molecule has 0 N–H and O–H groups in total. The number of benzene rings is 1. The lowest BCUT2D eigenvalue weighted by Crippen LogP contribution is -2.54. The van der Waals surface area contributed by atoms with Crippen molar-refractivity contribution in [3.63, 3.8) is 0 Å². The molecule has 2 fully saturated rings. The molecule has 1 aromatic carbocycles. The van der Waals surface area contributed by atoms with E-state index in [1.165, 1.54) is 12.1 Å². The first kappa shape index (κ1) is 19.8. The second-order valence-corrected chi connectivity index (χ2v) is 9.45. The summed E-state index contributed by atoms with van der Waals surface area (Å²) in [4.78, 5) is 12.9. The van der Waals surface area contributed by atoms with Crippen molar-refractivity contribution in [2.45, 2.75) is 24.3 Å². The van der Waals surface area contributed by atoms with Crippen molar-refractivity contribution in [1.82, 2.24) is 0 Å². The number of rotatable bonds is 3. The highest BCUT2D eigenvalue weighted by Crippen LogP contribution is 2.60. The van der Waals surface area contributed by atoms with Crippen LogP contribution >= 0.6 is 0 Å². The summed E-state index contributed by atoms with van der Waals surface area (Å²) in [6.45, 7) is 1.46. The number of anilines is 1. The molecule has 0 spiro atoms. The lowest BCUT2D eigenvalue weighted by atomic mass is 9.82. The Kier molecular flexibility index (Phi) is 4.24. The molecule has 1 saturated carbocycles. The number of ether oxygens (including phenoxy) is 1. The smallest absolute Gasteiger partial charge is 0.417 e. The van der Waals surface area contributed by atoms with Crippen molar-refractivity contribution < 1.29 is 31.1 Å². The molecule has 4 atom stereocenters. The van der Waals surface area contributed by atoms with Gasteiger partial charge in [-0.25, -0.2) is 8.42 Å². The highest BCUT2D eigenvalue weighted by molar-refractivity contribution is 7.95. The number of sulfonamides is 1. The van der Waals surface area contributed by atoms with Gasteiger partial charge in [-0.15, -0.1) is 0 Å². The molecule has 1 heterocycles. The van der Waals surface area contributed by atoms with Crippen LogP contribution in [0, 0.1) is 29.1 Å². The summed E-state index contributed by atoms with van der Waals surface area (Å²) in [5.41, 5.74) is -2.02. The van der Waals surface area contributed by atoms with E-state index in [9.17, 15) is 26.4 Å². The molecule has 1 aliphatic heterocycles. The van der Waals surface area contributed by atoms with Gasteiger partial charge in [0.1, 0.15) is 0 Å². The molecule has 6 nitrogen and oxygen atoms in total. The monoisotopic (exact) mass is 426 g/mol. The molecule has 1 saturated heterocycles. The fourth-order valence-electron chi connectivity index (χ4n) is 4.96. The van der Waals surface area contributed by atoms with Gasteiger partial charge < -0.3 is 4.74 Å². The Balaban J connectivity index is 1.85. The van der Waals surface area contributed by atoms with Gasteiger partial charge in [-0.2, -0.15) is 18.4 Å². The second-order valence-electron chi connectivity index (χ2n) is 7.39. The molecular weight excluding hydrogens is 409 g/mol. The molecule has 29 heavy (non-hydrogen) atoms. The van der Waals surface area contributed by atoms with E-state index >= 15 is 0 Å². The Morgan fingerprint density at radius 1 is 1.38 bits per heavy atom. The molecule has 2 bridgehead atoms. The van der Waals surface area contributed by atoms with E-state index in [4.69, 9.17) is 10.00 Å². The number of alkyl halides is 3. The van der Waals surface area contributed by atoms with E-state index in [1.54, 1.807) is 13.0 Å². The highest BCUT2D eigenvalue weighted by Gasteiger charge is 2.74. The lowest BCUT2D eigenvalue weighted by Gasteiger charge is -2.32. The standard InChI is InChI=1S/C19H17F3N2O4S/c1-2-28-17(25)18-13-5-3-11(7-13)16(18)10-24(29(18,26)27)14-6-4-12(9-23)15(8-14)19(20,21)22/h3-6,8,11,13,16H,2,7,10H2,1H3/t11-,13+,16+,18-/m1/s1. The number of hydrogen-bond donors (Lipinski definition) is 0. The summed E-state index contributed by atoms with van der Waals surface area (Å²) in [6, 6.07) is 4.25. The number of esters is 1. The van der Waals surface area contributed by atoms with Crippen LogP contribution in [0.5, 0.6) is 0 Å². The Labute approximate surface area is 165 Å². The molecule has 154 valence electrons. The fraction of sp³-hybridized carbons (Fsp3) is 0.474. The van der Waals surface area contributed by atoms with Crippen LogP contribution < -0.4 is 4.31 Å². The lowest BCUT2D eigenvalue weighted by molar-refractivity contribution is -0.148. The minimum atomic E-state index is -4.82. The van der Waals surface area contributed by atoms with Gasteiger partial charge in [0.25, 0.3) is 10.0 Å². The Morgan fingerprint density at radius 2 is 2.10 bits per heavy atom. The normalized spacial score (nSPS) is 31.6. The van der Waals surface area contributed by atoms with E-state index in [0.717, 1.165) is 10.4 Å². The molecule has 10 heteroatoms. The molecule has 0 unspecified atom stereocenters. The number of nitrogens with zero attached hydrogens (tertiary/aromatic N) is 2. The van der Waals surface area contributed by atoms with Crippen molar-refractivity contribution in [1.29, 1.82) is 5.26 Å². The van der Waals surface area contributed by atoms with Crippen LogP contribution in [0.2, 0.25) is 0 Å².